The summed E-state index contributed by atoms with van der Waals surface area (Å²) in [5.74, 6) is 0.0391. The molecule has 1 aromatic carbocycles. The molecule has 0 spiro atoms. The van der Waals surface area contributed by atoms with Crippen LogP contribution in [0.4, 0.5) is 0 Å². The van der Waals surface area contributed by atoms with E-state index in [1.54, 1.807) is 0 Å². The van der Waals surface area contributed by atoms with Gasteiger partial charge in [0.2, 0.25) is 5.91 Å². The maximum Gasteiger partial charge on any atom is 0.221 e. The van der Waals surface area contributed by atoms with Gasteiger partial charge in [-0.1, -0.05) is 6.07 Å². The molecule has 0 bridgehead atoms. The predicted octanol–water partition coefficient (Wildman–Crippen LogP) is 1.93. The van der Waals surface area contributed by atoms with Gasteiger partial charge in [-0.25, -0.2) is 0 Å². The number of amides is 1. The van der Waals surface area contributed by atoms with Crippen LogP contribution in [0.25, 0.3) is 0 Å². The van der Waals surface area contributed by atoms with E-state index in [1.807, 2.05) is 0 Å². The molecule has 0 aliphatic rings. The third-order valence-corrected chi connectivity index (χ3v) is 3.59. The van der Waals surface area contributed by atoms with E-state index in [2.05, 4.69) is 39.1 Å². The fourth-order valence-electron chi connectivity index (χ4n) is 2.22. The lowest BCUT2D eigenvalue weighted by Crippen LogP contribution is -2.27. The highest BCUT2D eigenvalue weighted by Crippen LogP contribution is 2.21. The van der Waals surface area contributed by atoms with Crippen LogP contribution in [0.2, 0.25) is 0 Å². The summed E-state index contributed by atoms with van der Waals surface area (Å²) < 4.78 is 0. The Morgan fingerprint density at radius 2 is 1.72 bits per heavy atom. The third kappa shape index (κ3) is 3.57. The van der Waals surface area contributed by atoms with E-state index >= 15 is 0 Å². The van der Waals surface area contributed by atoms with Crippen LogP contribution in [-0.2, 0) is 11.2 Å². The van der Waals surface area contributed by atoms with Gasteiger partial charge in [-0.15, -0.1) is 0 Å². The average molecular weight is 248 g/mol. The van der Waals surface area contributed by atoms with Gasteiger partial charge in [-0.2, -0.15) is 0 Å². The van der Waals surface area contributed by atoms with E-state index in [0.717, 1.165) is 6.42 Å². The summed E-state index contributed by atoms with van der Waals surface area (Å²) in [4.78, 5) is 11.3. The van der Waals surface area contributed by atoms with Gasteiger partial charge < -0.3 is 11.1 Å². The van der Waals surface area contributed by atoms with Crippen molar-refractivity contribution in [2.75, 3.05) is 13.1 Å². The Hall–Kier alpha value is -1.35. The van der Waals surface area contributed by atoms with Crippen molar-refractivity contribution in [1.29, 1.82) is 0 Å². The second-order valence-corrected chi connectivity index (χ2v) is 4.88. The molecule has 3 nitrogen and oxygen atoms in total. The quantitative estimate of drug-likeness (QED) is 0.836. The highest BCUT2D eigenvalue weighted by Gasteiger charge is 2.08. The fraction of sp³-hybridized carbons (Fsp3) is 0.533. The van der Waals surface area contributed by atoms with E-state index < -0.39 is 0 Å². The third-order valence-electron chi connectivity index (χ3n) is 3.59. The first-order chi connectivity index (χ1) is 8.47. The van der Waals surface area contributed by atoms with Crippen LogP contribution in [0.3, 0.4) is 0 Å². The number of hydrogen-bond acceptors (Lipinski definition) is 2. The number of benzene rings is 1. The lowest BCUT2D eigenvalue weighted by atomic mass is 9.92. The summed E-state index contributed by atoms with van der Waals surface area (Å²) in [7, 11) is 0. The molecule has 3 heteroatoms. The molecule has 0 aromatic heterocycles. The molecule has 0 atom stereocenters. The zero-order valence-corrected chi connectivity index (χ0v) is 11.9. The van der Waals surface area contributed by atoms with Crippen molar-refractivity contribution in [2.24, 2.45) is 5.73 Å². The SMILES string of the molecule is Cc1cc(C)c(C)c(CCNC(=O)CCN)c1C. The van der Waals surface area contributed by atoms with Crippen LogP contribution >= 0.6 is 0 Å². The maximum absolute atomic E-state index is 11.3. The molecule has 1 aromatic rings. The van der Waals surface area contributed by atoms with Crippen LogP contribution in [-0.4, -0.2) is 19.0 Å². The van der Waals surface area contributed by atoms with Gasteiger partial charge in [-0.3, -0.25) is 4.79 Å². The standard InChI is InChI=1S/C15H24N2O/c1-10-9-11(2)13(4)14(12(10)3)6-8-17-15(18)5-7-16/h9H,5-8,16H2,1-4H3,(H,17,18). The first-order valence-corrected chi connectivity index (χ1v) is 6.50. The van der Waals surface area contributed by atoms with Crippen molar-refractivity contribution in [3.8, 4) is 0 Å². The summed E-state index contributed by atoms with van der Waals surface area (Å²) in [6, 6.07) is 2.22. The molecule has 0 saturated heterocycles. The highest BCUT2D eigenvalue weighted by atomic mass is 16.1. The molecule has 0 aliphatic carbocycles. The van der Waals surface area contributed by atoms with Crippen molar-refractivity contribution in [1.82, 2.24) is 5.32 Å². The summed E-state index contributed by atoms with van der Waals surface area (Å²) in [5.41, 5.74) is 12.0. The lowest BCUT2D eigenvalue weighted by Gasteiger charge is -2.15. The van der Waals surface area contributed by atoms with Crippen LogP contribution in [0.1, 0.15) is 34.2 Å². The molecule has 0 saturated carbocycles. The molecule has 18 heavy (non-hydrogen) atoms. The Morgan fingerprint density at radius 3 is 2.22 bits per heavy atom. The number of carbonyl (C=O) groups is 1. The van der Waals surface area contributed by atoms with Gasteiger partial charge in [0.15, 0.2) is 0 Å². The smallest absolute Gasteiger partial charge is 0.221 e. The highest BCUT2D eigenvalue weighted by molar-refractivity contribution is 5.76. The normalized spacial score (nSPS) is 10.5. The minimum atomic E-state index is 0.0391. The largest absolute Gasteiger partial charge is 0.356 e. The average Bonchev–Trinajstić information content (AvgIpc) is 2.31. The van der Waals surface area contributed by atoms with E-state index in [0.29, 0.717) is 19.5 Å². The Labute approximate surface area is 110 Å². The molecular weight excluding hydrogens is 224 g/mol. The molecule has 0 fully saturated rings. The van der Waals surface area contributed by atoms with Crippen molar-refractivity contribution < 1.29 is 4.79 Å². The molecule has 0 unspecified atom stereocenters. The van der Waals surface area contributed by atoms with E-state index in [1.165, 1.54) is 27.8 Å². The molecule has 0 heterocycles. The van der Waals surface area contributed by atoms with Crippen LogP contribution in [0.15, 0.2) is 6.07 Å². The Kier molecular flexibility index (Phi) is 5.35. The molecular formula is C15H24N2O. The van der Waals surface area contributed by atoms with Crippen molar-refractivity contribution >= 4 is 5.91 Å². The van der Waals surface area contributed by atoms with Crippen LogP contribution in [0, 0.1) is 27.7 Å². The van der Waals surface area contributed by atoms with Gasteiger partial charge in [0.1, 0.15) is 0 Å². The Balaban J connectivity index is 2.70. The molecule has 3 N–H and O–H groups in total. The Morgan fingerprint density at radius 1 is 1.17 bits per heavy atom. The van der Waals surface area contributed by atoms with Gasteiger partial charge in [-0.05, 0) is 61.9 Å². The van der Waals surface area contributed by atoms with E-state index in [9.17, 15) is 4.79 Å². The summed E-state index contributed by atoms with van der Waals surface area (Å²) in [6.07, 6.45) is 1.29. The number of hydrogen-bond donors (Lipinski definition) is 2. The second kappa shape index (κ2) is 6.55. The molecule has 100 valence electrons. The van der Waals surface area contributed by atoms with E-state index in [-0.39, 0.29) is 5.91 Å². The first-order valence-electron chi connectivity index (χ1n) is 6.50. The summed E-state index contributed by atoms with van der Waals surface area (Å²) in [6.45, 7) is 9.67. The van der Waals surface area contributed by atoms with Crippen LogP contribution < -0.4 is 11.1 Å². The predicted molar refractivity (Wildman–Crippen MR) is 75.8 cm³/mol. The minimum Gasteiger partial charge on any atom is -0.356 e. The second-order valence-electron chi connectivity index (χ2n) is 4.88. The van der Waals surface area contributed by atoms with E-state index in [4.69, 9.17) is 5.73 Å². The van der Waals surface area contributed by atoms with Crippen molar-refractivity contribution in [3.63, 3.8) is 0 Å². The number of aryl methyl sites for hydroxylation is 2. The molecule has 1 rings (SSSR count). The number of nitrogens with two attached hydrogens (primary N) is 1. The Bertz CT molecular complexity index is 412. The first kappa shape index (κ1) is 14.7. The lowest BCUT2D eigenvalue weighted by molar-refractivity contribution is -0.120. The minimum absolute atomic E-state index is 0.0391. The zero-order chi connectivity index (χ0) is 13.7. The topological polar surface area (TPSA) is 55.1 Å². The number of carbonyl (C=O) groups excluding carboxylic acids is 1. The molecule has 0 aliphatic heterocycles. The van der Waals surface area contributed by atoms with Gasteiger partial charge in [0.05, 0.1) is 0 Å². The molecule has 1 amide bonds. The van der Waals surface area contributed by atoms with Gasteiger partial charge in [0, 0.05) is 19.5 Å². The van der Waals surface area contributed by atoms with Crippen molar-refractivity contribution in [3.05, 3.63) is 33.9 Å². The zero-order valence-electron chi connectivity index (χ0n) is 11.9. The van der Waals surface area contributed by atoms with Crippen LogP contribution in [0.5, 0.6) is 0 Å². The summed E-state index contributed by atoms with van der Waals surface area (Å²) in [5, 5.41) is 2.91. The van der Waals surface area contributed by atoms with Gasteiger partial charge >= 0.3 is 0 Å². The monoisotopic (exact) mass is 248 g/mol. The molecule has 0 radical (unpaired) electrons. The van der Waals surface area contributed by atoms with Crippen molar-refractivity contribution in [2.45, 2.75) is 40.5 Å². The number of nitrogens with one attached hydrogen (secondary N) is 1. The number of rotatable bonds is 5. The van der Waals surface area contributed by atoms with Gasteiger partial charge in [0.25, 0.3) is 0 Å². The maximum atomic E-state index is 11.3. The summed E-state index contributed by atoms with van der Waals surface area (Å²) >= 11 is 0. The fourth-order valence-corrected chi connectivity index (χ4v) is 2.22.